The normalized spacial score (nSPS) is 14.8. The minimum absolute atomic E-state index is 0.203. The van der Waals surface area contributed by atoms with Gasteiger partial charge in [-0.15, -0.1) is 0 Å². The van der Waals surface area contributed by atoms with Crippen molar-refractivity contribution in [3.05, 3.63) is 59.7 Å². The Morgan fingerprint density at radius 2 is 1.76 bits per heavy atom. The topological polar surface area (TPSA) is 96.0 Å². The van der Waals surface area contributed by atoms with Crippen LogP contribution in [0.4, 0.5) is 5.69 Å². The highest BCUT2D eigenvalue weighted by molar-refractivity contribution is 7.92. The second-order valence-electron chi connectivity index (χ2n) is 8.19. The summed E-state index contributed by atoms with van der Waals surface area (Å²) in [5.41, 5.74) is 2.54. The molecule has 3 rings (SSSR count). The molecule has 9 heteroatoms. The van der Waals surface area contributed by atoms with Crippen molar-refractivity contribution < 1.29 is 22.7 Å². The fourth-order valence-corrected chi connectivity index (χ4v) is 4.07. The summed E-state index contributed by atoms with van der Waals surface area (Å²) in [7, 11) is -1.87. The van der Waals surface area contributed by atoms with Gasteiger partial charge in [0.1, 0.15) is 5.75 Å². The maximum Gasteiger partial charge on any atom is 0.261 e. The third kappa shape index (κ3) is 6.71. The summed E-state index contributed by atoms with van der Waals surface area (Å²) in [5.74, 6) is 0.471. The molecule has 1 N–H and O–H groups in total. The molecule has 0 spiro atoms. The van der Waals surface area contributed by atoms with Gasteiger partial charge in [-0.25, -0.2) is 8.42 Å². The Balaban J connectivity index is 1.52. The van der Waals surface area contributed by atoms with Gasteiger partial charge in [0.25, 0.3) is 5.91 Å². The van der Waals surface area contributed by atoms with Crippen LogP contribution in [-0.2, 0) is 32.7 Å². The molecule has 0 radical (unpaired) electrons. The number of nitrogens with one attached hydrogen (secondary N) is 1. The van der Waals surface area contributed by atoms with Crippen LogP contribution < -0.4 is 14.4 Å². The molecule has 2 aromatic rings. The van der Waals surface area contributed by atoms with Gasteiger partial charge in [-0.05, 0) is 48.2 Å². The van der Waals surface area contributed by atoms with Crippen molar-refractivity contribution in [3.8, 4) is 5.75 Å². The number of hydrogen-bond donors (Lipinski definition) is 1. The minimum Gasteiger partial charge on any atom is -0.481 e. The molecule has 0 saturated carbocycles. The lowest BCUT2D eigenvalue weighted by Crippen LogP contribution is -2.37. The van der Waals surface area contributed by atoms with Gasteiger partial charge in [-0.3, -0.25) is 13.9 Å². The second-order valence-corrected chi connectivity index (χ2v) is 10.2. The minimum atomic E-state index is -3.34. The van der Waals surface area contributed by atoms with Gasteiger partial charge in [-0.1, -0.05) is 31.2 Å². The summed E-state index contributed by atoms with van der Waals surface area (Å²) in [5, 5.41) is 2.90. The highest BCUT2D eigenvalue weighted by Crippen LogP contribution is 2.21. The Labute approximate surface area is 195 Å². The van der Waals surface area contributed by atoms with Crippen molar-refractivity contribution in [1.82, 2.24) is 10.2 Å². The standard InChI is InChI=1S/C24H31N3O5S/c1-4-22(32-21-13-11-20(12-14-21)26(2)33(3,30)31)24(29)25-16-18-7-9-19(10-8-18)17-27-15-5-6-23(27)28/h7-14,22H,4-6,15-17H2,1-3H3,(H,25,29)/t22-/m0/s1. The average molecular weight is 474 g/mol. The third-order valence-electron chi connectivity index (χ3n) is 5.67. The monoisotopic (exact) mass is 473 g/mol. The molecule has 8 nitrogen and oxygen atoms in total. The Morgan fingerprint density at radius 1 is 1.12 bits per heavy atom. The van der Waals surface area contributed by atoms with Gasteiger partial charge >= 0.3 is 0 Å². The first-order chi connectivity index (χ1) is 15.7. The maximum absolute atomic E-state index is 12.6. The molecule has 178 valence electrons. The fraction of sp³-hybridized carbons (Fsp3) is 0.417. The Bertz CT molecular complexity index is 1070. The van der Waals surface area contributed by atoms with E-state index in [1.165, 1.54) is 11.4 Å². The summed E-state index contributed by atoms with van der Waals surface area (Å²) in [6.07, 6.45) is 2.51. The number of carbonyl (C=O) groups is 2. The van der Waals surface area contributed by atoms with Crippen molar-refractivity contribution in [2.45, 2.75) is 45.4 Å². The van der Waals surface area contributed by atoms with Crippen molar-refractivity contribution in [2.75, 3.05) is 24.2 Å². The number of nitrogens with zero attached hydrogens (tertiary/aromatic N) is 2. The van der Waals surface area contributed by atoms with Gasteiger partial charge in [0.15, 0.2) is 6.10 Å². The third-order valence-corrected chi connectivity index (χ3v) is 6.88. The summed E-state index contributed by atoms with van der Waals surface area (Å²) in [6.45, 7) is 3.67. The molecule has 2 amide bonds. The van der Waals surface area contributed by atoms with Gasteiger partial charge in [0, 0.05) is 33.1 Å². The van der Waals surface area contributed by atoms with E-state index in [0.29, 0.717) is 37.4 Å². The molecule has 1 aliphatic heterocycles. The summed E-state index contributed by atoms with van der Waals surface area (Å²) < 4.78 is 30.3. The quantitative estimate of drug-likeness (QED) is 0.572. The van der Waals surface area contributed by atoms with Crippen LogP contribution in [0.25, 0.3) is 0 Å². The number of anilines is 1. The van der Waals surface area contributed by atoms with E-state index >= 15 is 0 Å². The number of sulfonamides is 1. The highest BCUT2D eigenvalue weighted by atomic mass is 32.2. The number of hydrogen-bond acceptors (Lipinski definition) is 5. The van der Waals surface area contributed by atoms with Crippen LogP contribution in [-0.4, -0.2) is 51.1 Å². The molecule has 1 heterocycles. The van der Waals surface area contributed by atoms with Crippen molar-refractivity contribution in [1.29, 1.82) is 0 Å². The maximum atomic E-state index is 12.6. The lowest BCUT2D eigenvalue weighted by molar-refractivity contribution is -0.129. The molecule has 1 atom stereocenters. The van der Waals surface area contributed by atoms with E-state index in [1.54, 1.807) is 24.3 Å². The van der Waals surface area contributed by atoms with Crippen LogP contribution in [0.2, 0.25) is 0 Å². The van der Waals surface area contributed by atoms with Crippen LogP contribution in [0.1, 0.15) is 37.3 Å². The van der Waals surface area contributed by atoms with Gasteiger partial charge < -0.3 is 15.0 Å². The Kier molecular flexibility index (Phi) is 7.97. The number of rotatable bonds is 10. The number of amides is 2. The Morgan fingerprint density at radius 3 is 2.30 bits per heavy atom. The average Bonchev–Trinajstić information content (AvgIpc) is 3.20. The zero-order valence-electron chi connectivity index (χ0n) is 19.3. The van der Waals surface area contributed by atoms with Crippen LogP contribution in [0.15, 0.2) is 48.5 Å². The molecule has 0 unspecified atom stereocenters. The molecular formula is C24H31N3O5S. The van der Waals surface area contributed by atoms with E-state index in [0.717, 1.165) is 30.3 Å². The van der Waals surface area contributed by atoms with Gasteiger partial charge in [0.2, 0.25) is 15.9 Å². The van der Waals surface area contributed by atoms with E-state index in [-0.39, 0.29) is 11.8 Å². The van der Waals surface area contributed by atoms with E-state index < -0.39 is 16.1 Å². The predicted molar refractivity (Wildman–Crippen MR) is 127 cm³/mol. The van der Waals surface area contributed by atoms with Crippen LogP contribution in [0.5, 0.6) is 5.75 Å². The lowest BCUT2D eigenvalue weighted by Gasteiger charge is -2.19. The van der Waals surface area contributed by atoms with E-state index in [2.05, 4.69) is 5.32 Å². The molecule has 1 saturated heterocycles. The lowest BCUT2D eigenvalue weighted by atomic mass is 10.1. The van der Waals surface area contributed by atoms with E-state index in [1.807, 2.05) is 36.1 Å². The van der Waals surface area contributed by atoms with Crippen molar-refractivity contribution >= 4 is 27.5 Å². The van der Waals surface area contributed by atoms with Crippen molar-refractivity contribution in [3.63, 3.8) is 0 Å². The number of ether oxygens (including phenoxy) is 1. The molecule has 0 aromatic heterocycles. The molecule has 0 aliphatic carbocycles. The molecular weight excluding hydrogens is 442 g/mol. The fourth-order valence-electron chi connectivity index (χ4n) is 3.57. The summed E-state index contributed by atoms with van der Waals surface area (Å²) >= 11 is 0. The molecule has 0 bridgehead atoms. The largest absolute Gasteiger partial charge is 0.481 e. The van der Waals surface area contributed by atoms with Gasteiger partial charge in [0.05, 0.1) is 11.9 Å². The second kappa shape index (κ2) is 10.7. The molecule has 1 aliphatic rings. The van der Waals surface area contributed by atoms with Gasteiger partial charge in [-0.2, -0.15) is 0 Å². The number of likely N-dealkylation sites (tertiary alicyclic amines) is 1. The summed E-state index contributed by atoms with van der Waals surface area (Å²) in [4.78, 5) is 26.3. The SMILES string of the molecule is CC[C@H](Oc1ccc(N(C)S(C)(=O)=O)cc1)C(=O)NCc1ccc(CN2CCCC2=O)cc1. The van der Waals surface area contributed by atoms with Crippen molar-refractivity contribution in [2.24, 2.45) is 0 Å². The highest BCUT2D eigenvalue weighted by Gasteiger charge is 2.20. The van der Waals surface area contributed by atoms with Crippen LogP contribution in [0, 0.1) is 0 Å². The molecule has 1 fully saturated rings. The summed E-state index contributed by atoms with van der Waals surface area (Å²) in [6, 6.07) is 14.4. The molecule has 2 aromatic carbocycles. The first kappa shape index (κ1) is 24.6. The number of benzene rings is 2. The first-order valence-corrected chi connectivity index (χ1v) is 12.9. The Hall–Kier alpha value is -3.07. The van der Waals surface area contributed by atoms with Crippen LogP contribution >= 0.6 is 0 Å². The first-order valence-electron chi connectivity index (χ1n) is 11.0. The zero-order valence-corrected chi connectivity index (χ0v) is 20.1. The zero-order chi connectivity index (χ0) is 24.0. The smallest absolute Gasteiger partial charge is 0.261 e. The van der Waals surface area contributed by atoms with E-state index in [4.69, 9.17) is 4.74 Å². The van der Waals surface area contributed by atoms with Crippen LogP contribution in [0.3, 0.4) is 0 Å². The molecule has 33 heavy (non-hydrogen) atoms. The van der Waals surface area contributed by atoms with E-state index in [9.17, 15) is 18.0 Å². The predicted octanol–water partition coefficient (Wildman–Crippen LogP) is 2.68. The number of carbonyl (C=O) groups excluding carboxylic acids is 2.